The van der Waals surface area contributed by atoms with Gasteiger partial charge in [0, 0.05) is 12.6 Å². The molecule has 0 saturated carbocycles. The summed E-state index contributed by atoms with van der Waals surface area (Å²) in [6, 6.07) is 8.65. The summed E-state index contributed by atoms with van der Waals surface area (Å²) in [6.45, 7) is 1.21. The minimum atomic E-state index is -0.453. The second-order valence-corrected chi connectivity index (χ2v) is 4.50. The topological polar surface area (TPSA) is 97.6 Å². The van der Waals surface area contributed by atoms with E-state index < -0.39 is 4.92 Å². The van der Waals surface area contributed by atoms with E-state index in [1.807, 2.05) is 24.1 Å². The van der Waals surface area contributed by atoms with Gasteiger partial charge in [0.1, 0.15) is 11.4 Å². The average Bonchev–Trinajstić information content (AvgIpc) is 2.91. The molecule has 0 atom stereocenters. The summed E-state index contributed by atoms with van der Waals surface area (Å²) >= 11 is 0. The highest BCUT2D eigenvalue weighted by atomic mass is 16.6. The van der Waals surface area contributed by atoms with Crippen LogP contribution in [-0.4, -0.2) is 16.9 Å². The van der Waals surface area contributed by atoms with Gasteiger partial charge in [0.25, 0.3) is 5.69 Å². The standard InChI is InChI=1S/C13H16N4O3/c1-16(9-11-3-2-6-20-11)8-10-4-5-12(15-14)13(7-10)17(18)19/h2-7,15H,8-9,14H2,1H3. The van der Waals surface area contributed by atoms with Gasteiger partial charge in [-0.15, -0.1) is 0 Å². The van der Waals surface area contributed by atoms with Crippen LogP contribution in [0.15, 0.2) is 41.0 Å². The smallest absolute Gasteiger partial charge is 0.293 e. The largest absolute Gasteiger partial charge is 0.468 e. The van der Waals surface area contributed by atoms with Gasteiger partial charge in [-0.3, -0.25) is 20.9 Å². The van der Waals surface area contributed by atoms with Gasteiger partial charge in [0.2, 0.25) is 0 Å². The van der Waals surface area contributed by atoms with Gasteiger partial charge in [0.05, 0.1) is 17.7 Å². The van der Waals surface area contributed by atoms with Crippen LogP contribution in [0.2, 0.25) is 0 Å². The number of nitro groups is 1. The summed E-state index contributed by atoms with van der Waals surface area (Å²) in [6.07, 6.45) is 1.62. The number of hydrogen-bond acceptors (Lipinski definition) is 6. The fraction of sp³-hybridized carbons (Fsp3) is 0.231. The third-order valence-electron chi connectivity index (χ3n) is 2.87. The van der Waals surface area contributed by atoms with E-state index in [4.69, 9.17) is 10.3 Å². The van der Waals surface area contributed by atoms with Crippen LogP contribution in [-0.2, 0) is 13.1 Å². The van der Waals surface area contributed by atoms with Crippen molar-refractivity contribution in [3.8, 4) is 0 Å². The molecular weight excluding hydrogens is 260 g/mol. The van der Waals surface area contributed by atoms with Crippen molar-refractivity contribution in [2.75, 3.05) is 12.5 Å². The molecule has 106 valence electrons. The highest BCUT2D eigenvalue weighted by Crippen LogP contribution is 2.25. The van der Waals surface area contributed by atoms with Crippen LogP contribution in [0.1, 0.15) is 11.3 Å². The molecule has 0 fully saturated rings. The Morgan fingerprint density at radius 2 is 2.20 bits per heavy atom. The lowest BCUT2D eigenvalue weighted by molar-refractivity contribution is -0.384. The quantitative estimate of drug-likeness (QED) is 0.476. The maximum atomic E-state index is 11.0. The molecule has 0 amide bonds. The predicted octanol–water partition coefficient (Wildman–Crippen LogP) is 2.11. The maximum absolute atomic E-state index is 11.0. The van der Waals surface area contributed by atoms with E-state index in [1.165, 1.54) is 6.07 Å². The molecule has 0 radical (unpaired) electrons. The first-order valence-corrected chi connectivity index (χ1v) is 6.05. The molecule has 7 nitrogen and oxygen atoms in total. The van der Waals surface area contributed by atoms with E-state index in [9.17, 15) is 10.1 Å². The summed E-state index contributed by atoms with van der Waals surface area (Å²) in [5, 5.41) is 11.0. The molecule has 1 aromatic heterocycles. The number of anilines is 1. The van der Waals surface area contributed by atoms with Crippen molar-refractivity contribution in [1.82, 2.24) is 4.90 Å². The van der Waals surface area contributed by atoms with E-state index in [-0.39, 0.29) is 5.69 Å². The zero-order valence-electron chi connectivity index (χ0n) is 11.1. The van der Waals surface area contributed by atoms with Gasteiger partial charge in [-0.05, 0) is 30.8 Å². The number of nitrogens with two attached hydrogens (primary N) is 1. The van der Waals surface area contributed by atoms with E-state index in [0.717, 1.165) is 11.3 Å². The van der Waals surface area contributed by atoms with E-state index in [1.54, 1.807) is 18.4 Å². The van der Waals surface area contributed by atoms with Gasteiger partial charge in [-0.1, -0.05) is 6.07 Å². The first kappa shape index (κ1) is 14.0. The van der Waals surface area contributed by atoms with Crippen LogP contribution in [0.5, 0.6) is 0 Å². The summed E-state index contributed by atoms with van der Waals surface area (Å²) in [7, 11) is 1.92. The summed E-state index contributed by atoms with van der Waals surface area (Å²) < 4.78 is 5.26. The van der Waals surface area contributed by atoms with Crippen LogP contribution in [0.25, 0.3) is 0 Å². The number of rotatable bonds is 6. The lowest BCUT2D eigenvalue weighted by Gasteiger charge is -2.15. The number of hydrogen-bond donors (Lipinski definition) is 2. The molecule has 7 heteroatoms. The second kappa shape index (κ2) is 6.18. The lowest BCUT2D eigenvalue weighted by Crippen LogP contribution is -2.17. The predicted molar refractivity (Wildman–Crippen MR) is 74.8 cm³/mol. The fourth-order valence-electron chi connectivity index (χ4n) is 1.98. The van der Waals surface area contributed by atoms with Crippen LogP contribution in [0.4, 0.5) is 11.4 Å². The minimum absolute atomic E-state index is 0.0311. The van der Waals surface area contributed by atoms with Crippen molar-refractivity contribution in [2.24, 2.45) is 5.84 Å². The summed E-state index contributed by atoms with van der Waals surface area (Å²) in [4.78, 5) is 12.5. The number of hydrazine groups is 1. The highest BCUT2D eigenvalue weighted by molar-refractivity contribution is 5.61. The van der Waals surface area contributed by atoms with Crippen LogP contribution < -0.4 is 11.3 Å². The van der Waals surface area contributed by atoms with Gasteiger partial charge in [-0.2, -0.15) is 0 Å². The normalized spacial score (nSPS) is 10.8. The molecule has 0 aliphatic heterocycles. The maximum Gasteiger partial charge on any atom is 0.293 e. The number of nitrogen functional groups attached to an aromatic ring is 1. The lowest BCUT2D eigenvalue weighted by atomic mass is 10.1. The van der Waals surface area contributed by atoms with Gasteiger partial charge in [0.15, 0.2) is 0 Å². The Kier molecular flexibility index (Phi) is 4.34. The molecule has 0 bridgehead atoms. The first-order chi connectivity index (χ1) is 9.60. The fourth-order valence-corrected chi connectivity index (χ4v) is 1.98. The van der Waals surface area contributed by atoms with Crippen molar-refractivity contribution < 1.29 is 9.34 Å². The van der Waals surface area contributed by atoms with Crippen molar-refractivity contribution >= 4 is 11.4 Å². The van der Waals surface area contributed by atoms with Gasteiger partial charge >= 0.3 is 0 Å². The van der Waals surface area contributed by atoms with Gasteiger partial charge < -0.3 is 9.84 Å². The highest BCUT2D eigenvalue weighted by Gasteiger charge is 2.14. The van der Waals surface area contributed by atoms with Crippen molar-refractivity contribution in [1.29, 1.82) is 0 Å². The molecule has 0 spiro atoms. The van der Waals surface area contributed by atoms with Crippen molar-refractivity contribution in [3.63, 3.8) is 0 Å². The minimum Gasteiger partial charge on any atom is -0.468 e. The zero-order valence-corrected chi connectivity index (χ0v) is 11.1. The first-order valence-electron chi connectivity index (χ1n) is 6.05. The molecule has 20 heavy (non-hydrogen) atoms. The Balaban J connectivity index is 2.09. The molecule has 1 heterocycles. The van der Waals surface area contributed by atoms with Crippen LogP contribution in [0, 0.1) is 10.1 Å². The average molecular weight is 276 g/mol. The molecular formula is C13H16N4O3. The molecule has 0 unspecified atom stereocenters. The zero-order chi connectivity index (χ0) is 14.5. The van der Waals surface area contributed by atoms with E-state index >= 15 is 0 Å². The van der Waals surface area contributed by atoms with Crippen molar-refractivity contribution in [2.45, 2.75) is 13.1 Å². The Morgan fingerprint density at radius 3 is 2.80 bits per heavy atom. The summed E-state index contributed by atoms with van der Waals surface area (Å²) in [5.74, 6) is 6.10. The van der Waals surface area contributed by atoms with Gasteiger partial charge in [-0.25, -0.2) is 0 Å². The Bertz CT molecular complexity index is 583. The molecule has 1 aromatic carbocycles. The van der Waals surface area contributed by atoms with Crippen LogP contribution >= 0.6 is 0 Å². The summed E-state index contributed by atoms with van der Waals surface area (Å²) in [5.41, 5.74) is 3.43. The Labute approximate surface area is 116 Å². The van der Waals surface area contributed by atoms with E-state index in [2.05, 4.69) is 5.43 Å². The molecule has 0 saturated heterocycles. The molecule has 2 rings (SSSR count). The molecule has 2 aromatic rings. The Hall–Kier alpha value is -2.38. The number of benzene rings is 1. The number of nitrogens with one attached hydrogen (secondary N) is 1. The van der Waals surface area contributed by atoms with E-state index in [0.29, 0.717) is 18.8 Å². The number of nitrogens with zero attached hydrogens (tertiary/aromatic N) is 2. The molecule has 0 aliphatic rings. The molecule has 3 N–H and O–H groups in total. The second-order valence-electron chi connectivity index (χ2n) is 4.50. The Morgan fingerprint density at radius 1 is 1.40 bits per heavy atom. The number of furan rings is 1. The third kappa shape index (κ3) is 3.34. The number of nitro benzene ring substituents is 1. The third-order valence-corrected chi connectivity index (χ3v) is 2.87. The monoisotopic (exact) mass is 276 g/mol. The van der Waals surface area contributed by atoms with Crippen LogP contribution in [0.3, 0.4) is 0 Å². The SMILES string of the molecule is CN(Cc1ccc(NN)c([N+](=O)[O-])c1)Cc1ccco1. The van der Waals surface area contributed by atoms with Crippen molar-refractivity contribution in [3.05, 3.63) is 58.0 Å². The molecule has 0 aliphatic carbocycles.